The van der Waals surface area contributed by atoms with Crippen molar-refractivity contribution in [3.8, 4) is 0 Å². The lowest BCUT2D eigenvalue weighted by molar-refractivity contribution is 0.623. The summed E-state index contributed by atoms with van der Waals surface area (Å²) in [5, 5.41) is 3.11. The highest BCUT2D eigenvalue weighted by molar-refractivity contribution is 6.00. The fraction of sp³-hybridized carbons (Fsp3) is 0.286. The monoisotopic (exact) mass is 247 g/mol. The molecule has 0 amide bonds. The Kier molecular flexibility index (Phi) is 5.77. The van der Waals surface area contributed by atoms with Gasteiger partial charge in [-0.2, -0.15) is 0 Å². The molecule has 0 aliphatic carbocycles. The number of aliphatic imine (C=N–C) groups is 2. The maximum atomic E-state index is 13.6. The number of rotatable bonds is 4. The molecule has 0 saturated heterocycles. The molecule has 1 rings (SSSR count). The van der Waals surface area contributed by atoms with Crippen molar-refractivity contribution in [3.63, 3.8) is 0 Å². The zero-order valence-electron chi connectivity index (χ0n) is 10.9. The van der Waals surface area contributed by atoms with Crippen LogP contribution in [0.4, 0.5) is 4.39 Å². The van der Waals surface area contributed by atoms with Crippen LogP contribution in [-0.4, -0.2) is 25.1 Å². The maximum Gasteiger partial charge on any atom is 0.134 e. The van der Waals surface area contributed by atoms with Crippen LogP contribution in [0.3, 0.4) is 0 Å². The summed E-state index contributed by atoms with van der Waals surface area (Å²) in [5.41, 5.74) is 0.464. The molecule has 3 nitrogen and oxygen atoms in total. The van der Waals surface area contributed by atoms with Crippen molar-refractivity contribution in [2.75, 3.05) is 7.05 Å². The zero-order chi connectivity index (χ0) is 13.4. The smallest absolute Gasteiger partial charge is 0.134 e. The molecule has 0 aromatic heterocycles. The van der Waals surface area contributed by atoms with E-state index in [2.05, 4.69) is 15.3 Å². The average Bonchev–Trinajstić information content (AvgIpc) is 2.37. The summed E-state index contributed by atoms with van der Waals surface area (Å²) in [7, 11) is 1.63. The van der Waals surface area contributed by atoms with Crippen molar-refractivity contribution in [3.05, 3.63) is 47.9 Å². The van der Waals surface area contributed by atoms with Crippen LogP contribution in [0, 0.1) is 5.82 Å². The molecule has 1 aromatic rings. The van der Waals surface area contributed by atoms with Gasteiger partial charge in [-0.1, -0.05) is 18.2 Å². The van der Waals surface area contributed by atoms with Crippen LogP contribution < -0.4 is 5.32 Å². The number of hydrogen-bond donors (Lipinski definition) is 1. The van der Waals surface area contributed by atoms with E-state index < -0.39 is 0 Å². The fourth-order valence-electron chi connectivity index (χ4n) is 1.43. The van der Waals surface area contributed by atoms with Crippen molar-refractivity contribution in [1.29, 1.82) is 0 Å². The molecule has 0 saturated carbocycles. The molecule has 0 fully saturated rings. The van der Waals surface area contributed by atoms with Gasteiger partial charge in [-0.25, -0.2) is 4.39 Å². The topological polar surface area (TPSA) is 36.8 Å². The largest absolute Gasteiger partial charge is 0.362 e. The minimum atomic E-state index is -0.289. The summed E-state index contributed by atoms with van der Waals surface area (Å²) in [5.74, 6) is 0.232. The van der Waals surface area contributed by atoms with Gasteiger partial charge in [0.25, 0.3) is 0 Å². The molecule has 0 aliphatic heterocycles. The van der Waals surface area contributed by atoms with Gasteiger partial charge in [0.05, 0.1) is 11.6 Å². The molecule has 18 heavy (non-hydrogen) atoms. The van der Waals surface area contributed by atoms with Gasteiger partial charge in [-0.15, -0.1) is 0 Å². The number of benzene rings is 1. The van der Waals surface area contributed by atoms with Gasteiger partial charge >= 0.3 is 0 Å². The van der Waals surface area contributed by atoms with Crippen molar-refractivity contribution in [1.82, 2.24) is 5.32 Å². The first kappa shape index (κ1) is 14.1. The molecular formula is C14H18FN3. The number of allylic oxidation sites excluding steroid dienone is 1. The lowest BCUT2D eigenvalue weighted by Crippen LogP contribution is -2.34. The minimum absolute atomic E-state index is 0.0282. The fourth-order valence-corrected chi connectivity index (χ4v) is 1.43. The van der Waals surface area contributed by atoms with Crippen molar-refractivity contribution >= 4 is 12.1 Å². The normalized spacial score (nSPS) is 14.3. The van der Waals surface area contributed by atoms with E-state index in [0.717, 1.165) is 0 Å². The Morgan fingerprint density at radius 3 is 2.72 bits per heavy atom. The maximum absolute atomic E-state index is 13.6. The van der Waals surface area contributed by atoms with E-state index in [1.54, 1.807) is 37.7 Å². The summed E-state index contributed by atoms with van der Waals surface area (Å²) in [6.07, 6.45) is 5.28. The molecule has 0 aliphatic rings. The van der Waals surface area contributed by atoms with Crippen LogP contribution in [0.25, 0.3) is 0 Å². The third kappa shape index (κ3) is 4.13. The van der Waals surface area contributed by atoms with E-state index >= 15 is 0 Å². The van der Waals surface area contributed by atoms with Gasteiger partial charge in [0.2, 0.25) is 0 Å². The van der Waals surface area contributed by atoms with Crippen molar-refractivity contribution in [2.45, 2.75) is 19.9 Å². The second-order valence-electron chi connectivity index (χ2n) is 3.77. The molecule has 0 spiro atoms. The highest BCUT2D eigenvalue weighted by Crippen LogP contribution is 2.06. The number of hydrogen-bond acceptors (Lipinski definition) is 2. The molecule has 1 atom stereocenters. The Morgan fingerprint density at radius 1 is 1.39 bits per heavy atom. The molecule has 4 heteroatoms. The summed E-state index contributed by atoms with van der Waals surface area (Å²) in [6.45, 7) is 3.83. The van der Waals surface area contributed by atoms with Crippen LogP contribution in [-0.2, 0) is 0 Å². The first-order chi connectivity index (χ1) is 8.69. The van der Waals surface area contributed by atoms with Crippen LogP contribution in [0.15, 0.2) is 46.5 Å². The van der Waals surface area contributed by atoms with Crippen LogP contribution in [0.2, 0.25) is 0 Å². The Hall–Kier alpha value is -1.97. The van der Waals surface area contributed by atoms with Crippen LogP contribution in [0.1, 0.15) is 19.4 Å². The predicted molar refractivity (Wildman–Crippen MR) is 74.8 cm³/mol. The second kappa shape index (κ2) is 7.37. The quantitative estimate of drug-likeness (QED) is 0.644. The van der Waals surface area contributed by atoms with Gasteiger partial charge < -0.3 is 5.32 Å². The Morgan fingerprint density at radius 2 is 2.11 bits per heavy atom. The lowest BCUT2D eigenvalue weighted by Gasteiger charge is -2.13. The molecule has 1 N–H and O–H groups in total. The zero-order valence-corrected chi connectivity index (χ0v) is 10.9. The van der Waals surface area contributed by atoms with E-state index in [9.17, 15) is 4.39 Å². The summed E-state index contributed by atoms with van der Waals surface area (Å²) in [4.78, 5) is 8.15. The first-order valence-electron chi connectivity index (χ1n) is 5.81. The second-order valence-corrected chi connectivity index (χ2v) is 3.77. The van der Waals surface area contributed by atoms with E-state index in [1.165, 1.54) is 6.07 Å². The molecule has 96 valence electrons. The molecule has 1 unspecified atom stereocenters. The van der Waals surface area contributed by atoms with E-state index in [-0.39, 0.29) is 11.9 Å². The number of nitrogens with zero attached hydrogens (tertiary/aromatic N) is 2. The molecule has 0 radical (unpaired) electrons. The predicted octanol–water partition coefficient (Wildman–Crippen LogP) is 2.78. The Balaban J connectivity index is 2.78. The van der Waals surface area contributed by atoms with Crippen molar-refractivity contribution in [2.24, 2.45) is 9.98 Å². The SMILES string of the molecule is C/C=C\N=C/C(C)N/C(=N\C)c1ccccc1F. The third-order valence-corrected chi connectivity index (χ3v) is 2.26. The van der Waals surface area contributed by atoms with Crippen LogP contribution >= 0.6 is 0 Å². The molecule has 0 bridgehead atoms. The summed E-state index contributed by atoms with van der Waals surface area (Å²) >= 11 is 0. The van der Waals surface area contributed by atoms with E-state index in [0.29, 0.717) is 11.4 Å². The van der Waals surface area contributed by atoms with Gasteiger partial charge in [0.15, 0.2) is 0 Å². The number of halogens is 1. The highest BCUT2D eigenvalue weighted by Gasteiger charge is 2.09. The standard InChI is InChI=1S/C14H18FN3/c1-4-9-17-10-11(2)18-14(16-3)12-7-5-6-8-13(12)15/h4-11H,1-3H3,(H,16,18)/b9-4-,17-10-. The molecular weight excluding hydrogens is 229 g/mol. The lowest BCUT2D eigenvalue weighted by atomic mass is 10.2. The highest BCUT2D eigenvalue weighted by atomic mass is 19.1. The third-order valence-electron chi connectivity index (χ3n) is 2.26. The summed E-state index contributed by atoms with van der Waals surface area (Å²) < 4.78 is 13.6. The minimum Gasteiger partial charge on any atom is -0.362 e. The molecule has 0 heterocycles. The van der Waals surface area contributed by atoms with Gasteiger partial charge in [-0.05, 0) is 26.0 Å². The Bertz CT molecular complexity index is 464. The van der Waals surface area contributed by atoms with Gasteiger partial charge in [-0.3, -0.25) is 9.98 Å². The van der Waals surface area contributed by atoms with Gasteiger partial charge in [0.1, 0.15) is 11.7 Å². The molecule has 1 aromatic carbocycles. The number of nitrogens with one attached hydrogen (secondary N) is 1. The van der Waals surface area contributed by atoms with Crippen molar-refractivity contribution < 1.29 is 4.39 Å². The van der Waals surface area contributed by atoms with Gasteiger partial charge in [0, 0.05) is 19.5 Å². The van der Waals surface area contributed by atoms with E-state index in [1.807, 2.05) is 19.9 Å². The Labute approximate surface area is 107 Å². The average molecular weight is 247 g/mol. The van der Waals surface area contributed by atoms with Crippen LogP contribution in [0.5, 0.6) is 0 Å². The summed E-state index contributed by atoms with van der Waals surface area (Å²) in [6, 6.07) is 6.52. The first-order valence-corrected chi connectivity index (χ1v) is 5.81. The van der Waals surface area contributed by atoms with E-state index in [4.69, 9.17) is 0 Å². The number of amidine groups is 1.